The number of thioether (sulfide) groups is 1. The summed E-state index contributed by atoms with van der Waals surface area (Å²) < 4.78 is 0. The fraction of sp³-hybridized carbons (Fsp3) is 0.533. The molecule has 0 spiro atoms. The maximum absolute atomic E-state index is 8.98. The summed E-state index contributed by atoms with van der Waals surface area (Å²) in [5.74, 6) is 0. The Labute approximate surface area is 114 Å². The van der Waals surface area contributed by atoms with Crippen molar-refractivity contribution >= 4 is 11.8 Å². The molecule has 1 aromatic carbocycles. The van der Waals surface area contributed by atoms with Crippen molar-refractivity contribution in [3.8, 4) is 6.07 Å². The van der Waals surface area contributed by atoms with E-state index >= 15 is 0 Å². The van der Waals surface area contributed by atoms with Gasteiger partial charge in [-0.25, -0.2) is 0 Å². The number of rotatable bonds is 6. The van der Waals surface area contributed by atoms with Crippen molar-refractivity contribution in [2.24, 2.45) is 5.41 Å². The third kappa shape index (κ3) is 3.76. The predicted octanol–water partition coefficient (Wildman–Crippen LogP) is 3.58. The van der Waals surface area contributed by atoms with E-state index in [1.807, 2.05) is 11.8 Å². The zero-order valence-electron chi connectivity index (χ0n) is 11.1. The summed E-state index contributed by atoms with van der Waals surface area (Å²) in [4.78, 5) is 1.32. The highest BCUT2D eigenvalue weighted by molar-refractivity contribution is 7.99. The summed E-state index contributed by atoms with van der Waals surface area (Å²) >= 11 is 1.89. The summed E-state index contributed by atoms with van der Waals surface area (Å²) in [6.45, 7) is 6.09. The first-order chi connectivity index (χ1) is 8.63. The average molecular weight is 260 g/mol. The maximum Gasteiger partial charge on any atom is 0.0703 e. The fourth-order valence-corrected chi connectivity index (χ4v) is 2.72. The fourth-order valence-electron chi connectivity index (χ4n) is 1.88. The Hall–Kier alpha value is -0.980. The van der Waals surface area contributed by atoms with E-state index in [4.69, 9.17) is 5.26 Å². The molecule has 1 N–H and O–H groups in total. The van der Waals surface area contributed by atoms with Gasteiger partial charge in [-0.1, -0.05) is 26.0 Å². The molecule has 0 atom stereocenters. The second-order valence-electron chi connectivity index (χ2n) is 5.31. The normalized spacial score (nSPS) is 16.6. The molecule has 1 fully saturated rings. The standard InChI is InChI=1S/C15H20N2S/c1-12(2)18-14-5-3-13(4-6-14)9-17-11-15(10-16)7-8-15/h3-6,12,17H,7-9,11H2,1-2H3. The summed E-state index contributed by atoms with van der Waals surface area (Å²) in [6.07, 6.45) is 2.11. The number of nitrogens with zero attached hydrogens (tertiary/aromatic N) is 1. The summed E-state index contributed by atoms with van der Waals surface area (Å²) in [5.41, 5.74) is 1.24. The van der Waals surface area contributed by atoms with Gasteiger partial charge in [-0.3, -0.25) is 0 Å². The second kappa shape index (κ2) is 5.77. The largest absolute Gasteiger partial charge is 0.311 e. The van der Waals surface area contributed by atoms with Crippen molar-refractivity contribution in [2.75, 3.05) is 6.54 Å². The minimum Gasteiger partial charge on any atom is -0.311 e. The number of nitrogens with one attached hydrogen (secondary N) is 1. The van der Waals surface area contributed by atoms with Gasteiger partial charge >= 0.3 is 0 Å². The molecular weight excluding hydrogens is 240 g/mol. The van der Waals surface area contributed by atoms with E-state index in [1.165, 1.54) is 10.5 Å². The molecule has 1 aliphatic carbocycles. The van der Waals surface area contributed by atoms with E-state index in [0.717, 1.165) is 25.9 Å². The van der Waals surface area contributed by atoms with Crippen LogP contribution < -0.4 is 5.32 Å². The molecule has 0 radical (unpaired) electrons. The molecule has 96 valence electrons. The Morgan fingerprint density at radius 3 is 2.50 bits per heavy atom. The average Bonchev–Trinajstić information content (AvgIpc) is 3.11. The van der Waals surface area contributed by atoms with Crippen molar-refractivity contribution in [1.82, 2.24) is 5.32 Å². The van der Waals surface area contributed by atoms with Gasteiger partial charge in [-0.05, 0) is 30.5 Å². The van der Waals surface area contributed by atoms with E-state index in [2.05, 4.69) is 49.5 Å². The summed E-state index contributed by atoms with van der Waals surface area (Å²) in [6, 6.07) is 11.1. The summed E-state index contributed by atoms with van der Waals surface area (Å²) in [5, 5.41) is 13.0. The molecule has 0 bridgehead atoms. The molecule has 1 aliphatic rings. The van der Waals surface area contributed by atoms with Crippen molar-refractivity contribution in [1.29, 1.82) is 5.26 Å². The molecule has 0 amide bonds. The Bertz CT molecular complexity index is 427. The van der Waals surface area contributed by atoms with Crippen LogP contribution in [0.5, 0.6) is 0 Å². The van der Waals surface area contributed by atoms with Gasteiger partial charge in [-0.15, -0.1) is 11.8 Å². The van der Waals surface area contributed by atoms with Crippen LogP contribution in [0.3, 0.4) is 0 Å². The SMILES string of the molecule is CC(C)Sc1ccc(CNCC2(C#N)CC2)cc1. The quantitative estimate of drug-likeness (QED) is 0.794. The zero-order chi connectivity index (χ0) is 13.0. The van der Waals surface area contributed by atoms with Crippen molar-refractivity contribution < 1.29 is 0 Å². The van der Waals surface area contributed by atoms with E-state index in [1.54, 1.807) is 0 Å². The van der Waals surface area contributed by atoms with Crippen LogP contribution in [0.15, 0.2) is 29.2 Å². The lowest BCUT2D eigenvalue weighted by Crippen LogP contribution is -2.22. The Balaban J connectivity index is 1.78. The van der Waals surface area contributed by atoms with Crippen LogP contribution in [0.2, 0.25) is 0 Å². The van der Waals surface area contributed by atoms with E-state index in [-0.39, 0.29) is 5.41 Å². The van der Waals surface area contributed by atoms with Crippen molar-refractivity contribution in [3.63, 3.8) is 0 Å². The molecule has 0 unspecified atom stereocenters. The molecular formula is C15H20N2S. The van der Waals surface area contributed by atoms with E-state index in [0.29, 0.717) is 5.25 Å². The van der Waals surface area contributed by atoms with Crippen molar-refractivity contribution in [3.05, 3.63) is 29.8 Å². The molecule has 0 heterocycles. The smallest absolute Gasteiger partial charge is 0.0703 e. The maximum atomic E-state index is 8.98. The van der Waals surface area contributed by atoms with Gasteiger partial charge in [0.15, 0.2) is 0 Å². The Morgan fingerprint density at radius 1 is 1.33 bits per heavy atom. The highest BCUT2D eigenvalue weighted by atomic mass is 32.2. The Kier molecular flexibility index (Phi) is 4.31. The number of benzene rings is 1. The van der Waals surface area contributed by atoms with Crippen LogP contribution in [-0.4, -0.2) is 11.8 Å². The van der Waals surface area contributed by atoms with Crippen LogP contribution >= 0.6 is 11.8 Å². The first-order valence-corrected chi connectivity index (χ1v) is 7.39. The molecule has 3 heteroatoms. The van der Waals surface area contributed by atoms with E-state index < -0.39 is 0 Å². The first-order valence-electron chi connectivity index (χ1n) is 6.51. The van der Waals surface area contributed by atoms with Crippen LogP contribution in [0.4, 0.5) is 0 Å². The van der Waals surface area contributed by atoms with E-state index in [9.17, 15) is 0 Å². The molecule has 1 aromatic rings. The van der Waals surface area contributed by atoms with Gasteiger partial charge in [0.1, 0.15) is 0 Å². The first kappa shape index (κ1) is 13.5. The van der Waals surface area contributed by atoms with Crippen LogP contribution in [0, 0.1) is 16.7 Å². The number of hydrogen-bond acceptors (Lipinski definition) is 3. The second-order valence-corrected chi connectivity index (χ2v) is 6.96. The van der Waals surface area contributed by atoms with Crippen LogP contribution in [0.1, 0.15) is 32.3 Å². The molecule has 0 aromatic heterocycles. The monoisotopic (exact) mass is 260 g/mol. The molecule has 0 saturated heterocycles. The van der Waals surface area contributed by atoms with Gasteiger partial charge in [-0.2, -0.15) is 5.26 Å². The third-order valence-electron chi connectivity index (χ3n) is 3.18. The highest BCUT2D eigenvalue weighted by Gasteiger charge is 2.42. The van der Waals surface area contributed by atoms with Crippen LogP contribution in [-0.2, 0) is 6.54 Å². The molecule has 0 aliphatic heterocycles. The lowest BCUT2D eigenvalue weighted by atomic mass is 10.1. The molecule has 18 heavy (non-hydrogen) atoms. The molecule has 2 rings (SSSR count). The number of hydrogen-bond donors (Lipinski definition) is 1. The number of nitriles is 1. The highest BCUT2D eigenvalue weighted by Crippen LogP contribution is 2.44. The van der Waals surface area contributed by atoms with Crippen molar-refractivity contribution in [2.45, 2.75) is 43.4 Å². The van der Waals surface area contributed by atoms with Crippen LogP contribution in [0.25, 0.3) is 0 Å². The van der Waals surface area contributed by atoms with Gasteiger partial charge in [0.25, 0.3) is 0 Å². The lowest BCUT2D eigenvalue weighted by Gasteiger charge is -2.09. The molecule has 1 saturated carbocycles. The van der Waals surface area contributed by atoms with Gasteiger partial charge < -0.3 is 5.32 Å². The molecule has 2 nitrogen and oxygen atoms in total. The minimum absolute atomic E-state index is 0.0482. The summed E-state index contributed by atoms with van der Waals surface area (Å²) in [7, 11) is 0. The topological polar surface area (TPSA) is 35.8 Å². The van der Waals surface area contributed by atoms with Gasteiger partial charge in [0.05, 0.1) is 11.5 Å². The zero-order valence-corrected chi connectivity index (χ0v) is 11.9. The Morgan fingerprint density at radius 2 is 2.00 bits per heavy atom. The lowest BCUT2D eigenvalue weighted by molar-refractivity contribution is 0.558. The predicted molar refractivity (Wildman–Crippen MR) is 76.4 cm³/mol. The third-order valence-corrected chi connectivity index (χ3v) is 4.19. The van der Waals surface area contributed by atoms with Gasteiger partial charge in [0, 0.05) is 23.2 Å². The van der Waals surface area contributed by atoms with Gasteiger partial charge in [0.2, 0.25) is 0 Å². The minimum atomic E-state index is -0.0482.